The largest absolute Gasteiger partial charge is 0.489 e. The number of hydrogen-bond acceptors (Lipinski definition) is 4. The molecule has 0 atom stereocenters. The van der Waals surface area contributed by atoms with E-state index in [1.165, 1.54) is 0 Å². The molecule has 27 heavy (non-hydrogen) atoms. The van der Waals surface area contributed by atoms with Gasteiger partial charge in [-0.25, -0.2) is 0 Å². The molecule has 3 aromatic rings. The summed E-state index contributed by atoms with van der Waals surface area (Å²) in [6.45, 7) is 4.05. The van der Waals surface area contributed by atoms with E-state index in [0.29, 0.717) is 34.5 Å². The maximum absolute atomic E-state index is 12.7. The van der Waals surface area contributed by atoms with E-state index < -0.39 is 0 Å². The van der Waals surface area contributed by atoms with E-state index in [0.717, 1.165) is 16.9 Å². The Morgan fingerprint density at radius 2 is 1.93 bits per heavy atom. The van der Waals surface area contributed by atoms with E-state index in [1.54, 1.807) is 18.2 Å². The Morgan fingerprint density at radius 3 is 2.67 bits per heavy atom. The van der Waals surface area contributed by atoms with Crippen molar-refractivity contribution in [2.24, 2.45) is 0 Å². The van der Waals surface area contributed by atoms with Gasteiger partial charge in [-0.3, -0.25) is 4.79 Å². The van der Waals surface area contributed by atoms with Gasteiger partial charge in [-0.1, -0.05) is 29.8 Å². The van der Waals surface area contributed by atoms with Crippen molar-refractivity contribution in [1.29, 1.82) is 0 Å². The molecule has 0 aliphatic carbocycles. The maximum atomic E-state index is 12.7. The molecule has 2 heterocycles. The van der Waals surface area contributed by atoms with Gasteiger partial charge in [0.2, 0.25) is 5.78 Å². The zero-order valence-corrected chi connectivity index (χ0v) is 15.7. The fourth-order valence-electron chi connectivity index (χ4n) is 3.00. The van der Waals surface area contributed by atoms with Gasteiger partial charge in [-0.05, 0) is 43.7 Å². The van der Waals surface area contributed by atoms with Crippen molar-refractivity contribution in [2.45, 2.75) is 20.5 Å². The molecule has 0 amide bonds. The van der Waals surface area contributed by atoms with Crippen molar-refractivity contribution >= 4 is 23.5 Å². The summed E-state index contributed by atoms with van der Waals surface area (Å²) in [4.78, 5) is 12.7. The van der Waals surface area contributed by atoms with E-state index in [-0.39, 0.29) is 11.5 Å². The summed E-state index contributed by atoms with van der Waals surface area (Å²) in [5.41, 5.74) is 2.24. The number of ether oxygens (including phenoxy) is 2. The van der Waals surface area contributed by atoms with Crippen molar-refractivity contribution in [3.63, 3.8) is 0 Å². The Kier molecular flexibility index (Phi) is 4.50. The molecular weight excluding hydrogens is 364 g/mol. The summed E-state index contributed by atoms with van der Waals surface area (Å²) in [7, 11) is 0. The van der Waals surface area contributed by atoms with Crippen molar-refractivity contribution < 1.29 is 18.7 Å². The van der Waals surface area contributed by atoms with Crippen LogP contribution in [0.5, 0.6) is 11.5 Å². The fourth-order valence-corrected chi connectivity index (χ4v) is 3.19. The SMILES string of the molecule is Cc1ccc(/C=C2\Oc3cc(OCc4ccccc4Cl)cc(C)c3C2=O)o1. The molecule has 1 aliphatic heterocycles. The lowest BCUT2D eigenvalue weighted by Gasteiger charge is -2.10. The summed E-state index contributed by atoms with van der Waals surface area (Å²) in [5, 5.41) is 0.653. The molecule has 0 bridgehead atoms. The molecule has 5 heteroatoms. The number of hydrogen-bond donors (Lipinski definition) is 0. The number of carbonyl (C=O) groups excluding carboxylic acids is 1. The van der Waals surface area contributed by atoms with Gasteiger partial charge in [0, 0.05) is 22.7 Å². The standard InChI is InChI=1S/C22H17ClO4/c1-13-9-17(25-12-15-5-3-4-6-18(15)23)11-19-21(13)22(24)20(27-19)10-16-8-7-14(2)26-16/h3-11H,12H2,1-2H3/b20-10-. The van der Waals surface area contributed by atoms with Crippen LogP contribution in [0.4, 0.5) is 0 Å². The van der Waals surface area contributed by atoms with Gasteiger partial charge in [-0.15, -0.1) is 0 Å². The zero-order chi connectivity index (χ0) is 19.0. The van der Waals surface area contributed by atoms with Crippen LogP contribution in [-0.2, 0) is 6.61 Å². The molecular formula is C22H17ClO4. The first-order valence-corrected chi connectivity index (χ1v) is 8.90. The molecule has 1 aliphatic rings. The number of Topliss-reactive ketones (excluding diaryl/α,β-unsaturated/α-hetero) is 1. The highest BCUT2D eigenvalue weighted by Crippen LogP contribution is 2.38. The summed E-state index contributed by atoms with van der Waals surface area (Å²) in [6.07, 6.45) is 1.61. The minimum Gasteiger partial charge on any atom is -0.489 e. The van der Waals surface area contributed by atoms with Gasteiger partial charge in [-0.2, -0.15) is 0 Å². The van der Waals surface area contributed by atoms with Crippen molar-refractivity contribution in [2.75, 3.05) is 0 Å². The first-order valence-electron chi connectivity index (χ1n) is 8.53. The van der Waals surface area contributed by atoms with Gasteiger partial charge in [0.05, 0.1) is 5.56 Å². The summed E-state index contributed by atoms with van der Waals surface area (Å²) in [5.74, 6) is 2.55. The molecule has 2 aromatic carbocycles. The van der Waals surface area contributed by atoms with Crippen LogP contribution in [0.2, 0.25) is 5.02 Å². The first-order chi connectivity index (χ1) is 13.0. The van der Waals surface area contributed by atoms with Crippen LogP contribution in [-0.4, -0.2) is 5.78 Å². The second-order valence-corrected chi connectivity index (χ2v) is 6.79. The van der Waals surface area contributed by atoms with Crippen molar-refractivity contribution in [3.8, 4) is 11.5 Å². The van der Waals surface area contributed by atoms with Gasteiger partial charge < -0.3 is 13.9 Å². The van der Waals surface area contributed by atoms with Crippen molar-refractivity contribution in [3.05, 3.63) is 87.5 Å². The number of halogens is 1. The molecule has 0 spiro atoms. The molecule has 0 unspecified atom stereocenters. The smallest absolute Gasteiger partial charge is 0.232 e. The van der Waals surface area contributed by atoms with Gasteiger partial charge in [0.25, 0.3) is 0 Å². The molecule has 0 radical (unpaired) electrons. The lowest BCUT2D eigenvalue weighted by molar-refractivity contribution is 0.101. The number of rotatable bonds is 4. The van der Waals surface area contributed by atoms with Crippen LogP contribution < -0.4 is 9.47 Å². The van der Waals surface area contributed by atoms with Crippen molar-refractivity contribution in [1.82, 2.24) is 0 Å². The number of ketones is 1. The van der Waals surface area contributed by atoms with Gasteiger partial charge >= 0.3 is 0 Å². The quantitative estimate of drug-likeness (QED) is 0.541. The number of furan rings is 1. The third kappa shape index (κ3) is 3.49. The Hall–Kier alpha value is -2.98. The lowest BCUT2D eigenvalue weighted by Crippen LogP contribution is -2.00. The molecule has 0 saturated carbocycles. The predicted octanol–water partition coefficient (Wildman–Crippen LogP) is 5.75. The van der Waals surface area contributed by atoms with Crippen LogP contribution in [0.15, 0.2) is 58.7 Å². The number of benzene rings is 2. The monoisotopic (exact) mass is 380 g/mol. The Labute approximate surface area is 162 Å². The van der Waals surface area contributed by atoms with Gasteiger partial charge in [0.15, 0.2) is 5.76 Å². The highest BCUT2D eigenvalue weighted by Gasteiger charge is 2.30. The Bertz CT molecular complexity index is 1060. The molecule has 0 fully saturated rings. The molecule has 4 nitrogen and oxygen atoms in total. The third-order valence-electron chi connectivity index (χ3n) is 4.33. The van der Waals surface area contributed by atoms with E-state index >= 15 is 0 Å². The minimum atomic E-state index is -0.158. The van der Waals surface area contributed by atoms with Crippen LogP contribution in [0.25, 0.3) is 6.08 Å². The summed E-state index contributed by atoms with van der Waals surface area (Å²) >= 11 is 6.17. The lowest BCUT2D eigenvalue weighted by atomic mass is 10.0. The normalized spacial score (nSPS) is 14.3. The fraction of sp³-hybridized carbons (Fsp3) is 0.136. The molecule has 4 rings (SSSR count). The molecule has 136 valence electrons. The number of fused-ring (bicyclic) bond motifs is 1. The average molecular weight is 381 g/mol. The topological polar surface area (TPSA) is 48.7 Å². The summed E-state index contributed by atoms with van der Waals surface area (Å²) < 4.78 is 17.1. The number of aryl methyl sites for hydroxylation is 2. The highest BCUT2D eigenvalue weighted by molar-refractivity contribution is 6.31. The number of carbonyl (C=O) groups is 1. The summed E-state index contributed by atoms with van der Waals surface area (Å²) in [6, 6.07) is 14.7. The third-order valence-corrected chi connectivity index (χ3v) is 4.70. The van der Waals surface area contributed by atoms with Crippen LogP contribution in [0, 0.1) is 13.8 Å². The predicted molar refractivity (Wildman–Crippen MR) is 103 cm³/mol. The second-order valence-electron chi connectivity index (χ2n) is 6.38. The minimum absolute atomic E-state index is 0.158. The van der Waals surface area contributed by atoms with Gasteiger partial charge in [0.1, 0.15) is 29.6 Å². The van der Waals surface area contributed by atoms with E-state index in [1.807, 2.05) is 50.2 Å². The average Bonchev–Trinajstić information content (AvgIpc) is 3.18. The number of allylic oxidation sites excluding steroid dienone is 1. The van der Waals surface area contributed by atoms with Crippen LogP contribution >= 0.6 is 11.6 Å². The van der Waals surface area contributed by atoms with E-state index in [9.17, 15) is 4.79 Å². The molecule has 0 saturated heterocycles. The van der Waals surface area contributed by atoms with Crippen LogP contribution in [0.3, 0.4) is 0 Å². The highest BCUT2D eigenvalue weighted by atomic mass is 35.5. The van der Waals surface area contributed by atoms with E-state index in [2.05, 4.69) is 0 Å². The second kappa shape index (κ2) is 6.97. The maximum Gasteiger partial charge on any atom is 0.232 e. The van der Waals surface area contributed by atoms with E-state index in [4.69, 9.17) is 25.5 Å². The first kappa shape index (κ1) is 17.4. The van der Waals surface area contributed by atoms with Crippen LogP contribution in [0.1, 0.15) is 33.0 Å². The Morgan fingerprint density at radius 1 is 1.11 bits per heavy atom. The molecule has 0 N–H and O–H groups in total. The molecule has 1 aromatic heterocycles. The Balaban J connectivity index is 1.58. The zero-order valence-electron chi connectivity index (χ0n) is 14.9.